The van der Waals surface area contributed by atoms with E-state index in [4.69, 9.17) is 5.11 Å². The zero-order chi connectivity index (χ0) is 14.0. The van der Waals surface area contributed by atoms with Crippen LogP contribution in [0.25, 0.3) is 0 Å². The van der Waals surface area contributed by atoms with Crippen LogP contribution < -0.4 is 4.90 Å². The van der Waals surface area contributed by atoms with E-state index in [0.29, 0.717) is 11.0 Å². The number of aromatic carboxylic acids is 1. The van der Waals surface area contributed by atoms with Gasteiger partial charge in [0.25, 0.3) is 0 Å². The fourth-order valence-electron chi connectivity index (χ4n) is 2.48. The molecular formula is C13H18N2O3S. The Morgan fingerprint density at radius 3 is 2.79 bits per heavy atom. The van der Waals surface area contributed by atoms with Gasteiger partial charge in [0.2, 0.25) is 0 Å². The van der Waals surface area contributed by atoms with Crippen LogP contribution >= 0.6 is 11.3 Å². The lowest BCUT2D eigenvalue weighted by Gasteiger charge is -2.14. The molecule has 1 aliphatic rings. The second-order valence-electron chi connectivity index (χ2n) is 4.92. The molecule has 5 nitrogen and oxygen atoms in total. The summed E-state index contributed by atoms with van der Waals surface area (Å²) in [7, 11) is 0. The number of nitrogens with zero attached hydrogens (tertiary/aromatic N) is 2. The van der Waals surface area contributed by atoms with Crippen LogP contribution in [0.15, 0.2) is 0 Å². The summed E-state index contributed by atoms with van der Waals surface area (Å²) < 4.78 is 0. The minimum atomic E-state index is -1.13. The molecule has 1 N–H and O–H groups in total. The van der Waals surface area contributed by atoms with Gasteiger partial charge in [0.1, 0.15) is 4.88 Å². The highest BCUT2D eigenvalue weighted by molar-refractivity contribution is 7.17. The topological polar surface area (TPSA) is 70.5 Å². The van der Waals surface area contributed by atoms with Gasteiger partial charge in [-0.05, 0) is 18.8 Å². The van der Waals surface area contributed by atoms with Gasteiger partial charge in [0, 0.05) is 20.0 Å². The summed E-state index contributed by atoms with van der Waals surface area (Å²) in [6.45, 7) is 5.36. The minimum absolute atomic E-state index is 0.105. The Labute approximate surface area is 116 Å². The molecule has 1 aromatic rings. The number of rotatable bonds is 5. The molecule has 0 saturated carbocycles. The van der Waals surface area contributed by atoms with Gasteiger partial charge in [0.05, 0.1) is 0 Å². The largest absolute Gasteiger partial charge is 0.476 e. The number of ketones is 1. The number of Topliss-reactive ketones (excluding diaryl/α,β-unsaturated/α-hetero) is 1. The van der Waals surface area contributed by atoms with Crippen LogP contribution in [-0.4, -0.2) is 34.9 Å². The average molecular weight is 282 g/mol. The summed E-state index contributed by atoms with van der Waals surface area (Å²) in [5.74, 6) is -0.703. The Balaban J connectivity index is 2.20. The predicted octanol–water partition coefficient (Wildman–Crippen LogP) is 2.67. The number of hydrogen-bond donors (Lipinski definition) is 1. The normalized spacial score (nSPS) is 18.8. The summed E-state index contributed by atoms with van der Waals surface area (Å²) >= 11 is 1.20. The third-order valence-electron chi connectivity index (χ3n) is 3.39. The van der Waals surface area contributed by atoms with E-state index in [0.717, 1.165) is 25.9 Å². The second kappa shape index (κ2) is 5.69. The van der Waals surface area contributed by atoms with E-state index in [1.165, 1.54) is 24.7 Å². The van der Waals surface area contributed by atoms with Gasteiger partial charge < -0.3 is 10.0 Å². The number of carboxylic acids is 1. The Morgan fingerprint density at radius 1 is 1.53 bits per heavy atom. The molecule has 2 heterocycles. The average Bonchev–Trinajstić information content (AvgIpc) is 2.94. The Morgan fingerprint density at radius 2 is 2.26 bits per heavy atom. The van der Waals surface area contributed by atoms with Crippen molar-refractivity contribution < 1.29 is 14.7 Å². The van der Waals surface area contributed by atoms with Gasteiger partial charge in [-0.15, -0.1) is 0 Å². The maximum absolute atomic E-state index is 11.5. The number of hydrogen-bond acceptors (Lipinski definition) is 5. The molecule has 1 unspecified atom stereocenters. The molecule has 1 atom stereocenters. The standard InChI is InChI=1S/C13H18N2O3S/c1-3-4-9-5-6-15(7-9)13-14-10(12(17)18)11(19-13)8(2)16/h9H,3-7H2,1-2H3,(H,17,18). The van der Waals surface area contributed by atoms with E-state index in [1.54, 1.807) is 0 Å². The van der Waals surface area contributed by atoms with Crippen molar-refractivity contribution >= 4 is 28.2 Å². The number of anilines is 1. The third-order valence-corrected chi connectivity index (χ3v) is 4.61. The van der Waals surface area contributed by atoms with Crippen molar-refractivity contribution in [3.8, 4) is 0 Å². The second-order valence-corrected chi connectivity index (χ2v) is 5.90. The zero-order valence-electron chi connectivity index (χ0n) is 11.2. The summed E-state index contributed by atoms with van der Waals surface area (Å²) in [6, 6.07) is 0. The first-order valence-electron chi connectivity index (χ1n) is 6.53. The van der Waals surface area contributed by atoms with Gasteiger partial charge in [-0.25, -0.2) is 9.78 Å². The lowest BCUT2D eigenvalue weighted by atomic mass is 10.0. The van der Waals surface area contributed by atoms with Gasteiger partial charge in [0.15, 0.2) is 16.6 Å². The molecule has 0 amide bonds. The van der Waals surface area contributed by atoms with Gasteiger partial charge in [-0.1, -0.05) is 24.7 Å². The predicted molar refractivity (Wildman–Crippen MR) is 74.3 cm³/mol. The first-order chi connectivity index (χ1) is 9.02. The number of carbonyl (C=O) groups excluding carboxylic acids is 1. The summed E-state index contributed by atoms with van der Waals surface area (Å²) in [5, 5.41) is 9.75. The number of aromatic nitrogens is 1. The van der Waals surface area contributed by atoms with Crippen LogP contribution in [-0.2, 0) is 0 Å². The Hall–Kier alpha value is -1.43. The van der Waals surface area contributed by atoms with Crippen LogP contribution in [0.1, 0.15) is 53.3 Å². The maximum atomic E-state index is 11.5. The molecule has 0 aromatic carbocycles. The van der Waals surface area contributed by atoms with E-state index in [9.17, 15) is 9.59 Å². The smallest absolute Gasteiger partial charge is 0.356 e. The maximum Gasteiger partial charge on any atom is 0.356 e. The van der Waals surface area contributed by atoms with E-state index in [1.807, 2.05) is 0 Å². The number of thiazole rings is 1. The van der Waals surface area contributed by atoms with Crippen LogP contribution in [0.4, 0.5) is 5.13 Å². The highest BCUT2D eigenvalue weighted by Crippen LogP contribution is 2.32. The van der Waals surface area contributed by atoms with Gasteiger partial charge in [-0.3, -0.25) is 4.79 Å². The van der Waals surface area contributed by atoms with Gasteiger partial charge >= 0.3 is 5.97 Å². The molecule has 104 valence electrons. The number of carboxylic acid groups (broad SMARTS) is 1. The summed E-state index contributed by atoms with van der Waals surface area (Å²) in [4.78, 5) is 29.0. The molecule has 6 heteroatoms. The van der Waals surface area contributed by atoms with Crippen LogP contribution in [0.2, 0.25) is 0 Å². The fraction of sp³-hybridized carbons (Fsp3) is 0.615. The highest BCUT2D eigenvalue weighted by atomic mass is 32.1. The molecule has 0 bridgehead atoms. The number of carbonyl (C=O) groups is 2. The molecule has 0 aliphatic carbocycles. The van der Waals surface area contributed by atoms with Crippen molar-refractivity contribution in [3.05, 3.63) is 10.6 Å². The van der Waals surface area contributed by atoms with Gasteiger partial charge in [-0.2, -0.15) is 0 Å². The lowest BCUT2D eigenvalue weighted by molar-refractivity contribution is 0.0687. The minimum Gasteiger partial charge on any atom is -0.476 e. The van der Waals surface area contributed by atoms with Crippen LogP contribution in [0, 0.1) is 5.92 Å². The van der Waals surface area contributed by atoms with Crippen LogP contribution in [0.5, 0.6) is 0 Å². The molecule has 2 rings (SSSR count). The fourth-order valence-corrected chi connectivity index (χ4v) is 3.47. The first kappa shape index (κ1) is 14.0. The monoisotopic (exact) mass is 282 g/mol. The molecule has 1 aliphatic heterocycles. The lowest BCUT2D eigenvalue weighted by Crippen LogP contribution is -2.19. The van der Waals surface area contributed by atoms with Crippen LogP contribution in [0.3, 0.4) is 0 Å². The van der Waals surface area contributed by atoms with Crippen molar-refractivity contribution in [2.75, 3.05) is 18.0 Å². The molecule has 1 aromatic heterocycles. The van der Waals surface area contributed by atoms with Crippen molar-refractivity contribution in [3.63, 3.8) is 0 Å². The Kier molecular flexibility index (Phi) is 4.19. The van der Waals surface area contributed by atoms with E-state index in [-0.39, 0.29) is 16.4 Å². The first-order valence-corrected chi connectivity index (χ1v) is 7.34. The molecule has 1 fully saturated rings. The Bertz CT molecular complexity index is 467. The quantitative estimate of drug-likeness (QED) is 0.841. The van der Waals surface area contributed by atoms with Crippen molar-refractivity contribution in [2.45, 2.75) is 33.1 Å². The van der Waals surface area contributed by atoms with Crippen molar-refractivity contribution in [1.29, 1.82) is 0 Å². The van der Waals surface area contributed by atoms with E-state index >= 15 is 0 Å². The third kappa shape index (κ3) is 2.94. The van der Waals surface area contributed by atoms with Crippen molar-refractivity contribution in [1.82, 2.24) is 4.98 Å². The highest BCUT2D eigenvalue weighted by Gasteiger charge is 2.27. The summed E-state index contributed by atoms with van der Waals surface area (Å²) in [6.07, 6.45) is 3.47. The van der Waals surface area contributed by atoms with Crippen molar-refractivity contribution in [2.24, 2.45) is 5.92 Å². The SMILES string of the molecule is CCCC1CCN(c2nc(C(=O)O)c(C(C)=O)s2)C1. The zero-order valence-corrected chi connectivity index (χ0v) is 12.0. The molecular weight excluding hydrogens is 264 g/mol. The van der Waals surface area contributed by atoms with E-state index in [2.05, 4.69) is 16.8 Å². The molecule has 19 heavy (non-hydrogen) atoms. The van der Waals surface area contributed by atoms with E-state index < -0.39 is 5.97 Å². The summed E-state index contributed by atoms with van der Waals surface area (Å²) in [5.41, 5.74) is -0.105. The molecule has 0 spiro atoms. The molecule has 1 saturated heterocycles. The molecule has 0 radical (unpaired) electrons.